The molecule has 0 aliphatic heterocycles. The highest BCUT2D eigenvalue weighted by Crippen LogP contribution is 2.18. The number of nitrogens with one attached hydrogen (secondary N) is 3. The zero-order chi connectivity index (χ0) is 13.1. The third-order valence-electron chi connectivity index (χ3n) is 2.61. The number of halogens is 1. The Balaban J connectivity index is 1.63. The molecular weight excluding hydrogens is 268 g/mol. The van der Waals surface area contributed by atoms with Crippen LogP contribution in [0.2, 0.25) is 5.28 Å². The molecule has 0 amide bonds. The molecule has 9 heteroatoms. The Kier molecular flexibility index (Phi) is 3.23. The minimum atomic E-state index is 0.178. The van der Waals surface area contributed by atoms with Gasteiger partial charge in [0.15, 0.2) is 11.5 Å². The number of anilines is 1. The summed E-state index contributed by atoms with van der Waals surface area (Å²) in [4.78, 5) is 19.3. The van der Waals surface area contributed by atoms with Gasteiger partial charge in [-0.2, -0.15) is 15.1 Å². The molecule has 0 radical (unpaired) electrons. The normalized spacial score (nSPS) is 11.0. The summed E-state index contributed by atoms with van der Waals surface area (Å²) in [5.74, 6) is 1.53. The van der Waals surface area contributed by atoms with Crippen molar-refractivity contribution in [2.75, 3.05) is 11.9 Å². The number of fused-ring (bicyclic) bond motifs is 1. The van der Waals surface area contributed by atoms with Crippen LogP contribution >= 0.6 is 11.6 Å². The van der Waals surface area contributed by atoms with Crippen LogP contribution in [0.15, 0.2) is 12.7 Å². The molecule has 3 N–H and O–H groups in total. The monoisotopic (exact) mass is 278 g/mol. The first-order chi connectivity index (χ1) is 9.33. The Morgan fingerprint density at radius 2 is 2.21 bits per heavy atom. The van der Waals surface area contributed by atoms with E-state index in [1.165, 1.54) is 6.33 Å². The van der Waals surface area contributed by atoms with E-state index < -0.39 is 0 Å². The lowest BCUT2D eigenvalue weighted by molar-refractivity contribution is 0.804. The third kappa shape index (κ3) is 2.63. The van der Waals surface area contributed by atoms with Crippen LogP contribution < -0.4 is 5.32 Å². The highest BCUT2D eigenvalue weighted by molar-refractivity contribution is 6.28. The lowest BCUT2D eigenvalue weighted by atomic mass is 10.3. The summed E-state index contributed by atoms with van der Waals surface area (Å²) in [6, 6.07) is 0. The highest BCUT2D eigenvalue weighted by Gasteiger charge is 2.08. The molecule has 3 heterocycles. The van der Waals surface area contributed by atoms with E-state index in [2.05, 4.69) is 40.4 Å². The van der Waals surface area contributed by atoms with Crippen molar-refractivity contribution in [1.82, 2.24) is 35.1 Å². The van der Waals surface area contributed by atoms with Gasteiger partial charge in [-0.1, -0.05) is 0 Å². The van der Waals surface area contributed by atoms with Crippen molar-refractivity contribution in [3.05, 3.63) is 23.8 Å². The summed E-state index contributed by atoms with van der Waals surface area (Å²) >= 11 is 5.84. The Morgan fingerprint density at radius 1 is 1.26 bits per heavy atom. The fraction of sp³-hybridized carbons (Fsp3) is 0.300. The van der Waals surface area contributed by atoms with Gasteiger partial charge < -0.3 is 10.3 Å². The van der Waals surface area contributed by atoms with Gasteiger partial charge in [0.2, 0.25) is 5.28 Å². The van der Waals surface area contributed by atoms with Crippen LogP contribution in [0.1, 0.15) is 12.2 Å². The Morgan fingerprint density at radius 3 is 3.05 bits per heavy atom. The summed E-state index contributed by atoms with van der Waals surface area (Å²) in [6.45, 7) is 0.738. The van der Waals surface area contributed by atoms with Crippen LogP contribution in [-0.4, -0.2) is 41.7 Å². The SMILES string of the molecule is Clc1nc(NCCCc2ncn[nH]2)c2[nH]cnc2n1. The maximum absolute atomic E-state index is 5.84. The average Bonchev–Trinajstić information content (AvgIpc) is 3.04. The summed E-state index contributed by atoms with van der Waals surface area (Å²) in [5.41, 5.74) is 1.31. The first-order valence-corrected chi connectivity index (χ1v) is 6.15. The predicted octanol–water partition coefficient (Wildman–Crippen LogP) is 1.17. The van der Waals surface area contributed by atoms with Crippen LogP contribution in [-0.2, 0) is 6.42 Å². The topological polar surface area (TPSA) is 108 Å². The number of aromatic amines is 2. The Bertz CT molecular complexity index is 661. The smallest absolute Gasteiger partial charge is 0.226 e. The first-order valence-electron chi connectivity index (χ1n) is 5.77. The molecule has 0 spiro atoms. The van der Waals surface area contributed by atoms with Crippen molar-refractivity contribution in [3.63, 3.8) is 0 Å². The maximum atomic E-state index is 5.84. The van der Waals surface area contributed by atoms with Crippen molar-refractivity contribution in [1.29, 1.82) is 0 Å². The minimum absolute atomic E-state index is 0.178. The van der Waals surface area contributed by atoms with Crippen LogP contribution in [0.25, 0.3) is 11.2 Å². The molecule has 19 heavy (non-hydrogen) atoms. The summed E-state index contributed by atoms with van der Waals surface area (Å²) in [5, 5.41) is 10.0. The van der Waals surface area contributed by atoms with E-state index in [1.54, 1.807) is 6.33 Å². The molecule has 98 valence electrons. The van der Waals surface area contributed by atoms with E-state index in [0.29, 0.717) is 11.5 Å². The maximum Gasteiger partial charge on any atom is 0.226 e. The second kappa shape index (κ2) is 5.19. The second-order valence-electron chi connectivity index (χ2n) is 3.90. The van der Waals surface area contributed by atoms with Crippen LogP contribution in [0, 0.1) is 0 Å². The molecule has 3 aromatic heterocycles. The van der Waals surface area contributed by atoms with Gasteiger partial charge in [0.05, 0.1) is 6.33 Å². The molecule has 0 atom stereocenters. The number of imidazole rings is 1. The van der Waals surface area contributed by atoms with E-state index in [4.69, 9.17) is 11.6 Å². The molecule has 0 unspecified atom stereocenters. The standard InChI is InChI=1S/C10H11ClN8/c11-10-17-8(7-9(18-10)15-4-14-7)12-3-1-2-6-13-5-16-19-6/h4-5H,1-3H2,(H,13,16,19)(H2,12,14,15,17,18). The number of nitrogens with zero attached hydrogens (tertiary/aromatic N) is 5. The molecule has 3 aromatic rings. The van der Waals surface area contributed by atoms with Crippen molar-refractivity contribution >= 4 is 28.6 Å². The fourth-order valence-corrected chi connectivity index (χ4v) is 1.91. The minimum Gasteiger partial charge on any atom is -0.368 e. The van der Waals surface area contributed by atoms with Crippen molar-refractivity contribution in [2.24, 2.45) is 0 Å². The van der Waals surface area contributed by atoms with Gasteiger partial charge in [-0.15, -0.1) is 0 Å². The fourth-order valence-electron chi connectivity index (χ4n) is 1.75. The molecule has 0 saturated heterocycles. The van der Waals surface area contributed by atoms with E-state index in [0.717, 1.165) is 30.7 Å². The largest absolute Gasteiger partial charge is 0.368 e. The van der Waals surface area contributed by atoms with Gasteiger partial charge in [-0.25, -0.2) is 9.97 Å². The number of hydrogen-bond donors (Lipinski definition) is 3. The lowest BCUT2D eigenvalue weighted by Gasteiger charge is -2.05. The Hall–Kier alpha value is -2.22. The molecule has 0 aliphatic carbocycles. The average molecular weight is 279 g/mol. The predicted molar refractivity (Wildman–Crippen MR) is 69.9 cm³/mol. The third-order valence-corrected chi connectivity index (χ3v) is 2.78. The zero-order valence-electron chi connectivity index (χ0n) is 9.89. The van der Waals surface area contributed by atoms with Crippen LogP contribution in [0.5, 0.6) is 0 Å². The molecule has 0 aliphatic rings. The number of aromatic nitrogens is 7. The van der Waals surface area contributed by atoms with Gasteiger partial charge in [-0.3, -0.25) is 5.10 Å². The highest BCUT2D eigenvalue weighted by atomic mass is 35.5. The molecule has 3 rings (SSSR count). The number of H-pyrrole nitrogens is 2. The first kappa shape index (κ1) is 11.8. The Labute approximate surface area is 113 Å². The molecule has 0 bridgehead atoms. The number of rotatable bonds is 5. The van der Waals surface area contributed by atoms with E-state index in [-0.39, 0.29) is 5.28 Å². The number of aryl methyl sites for hydroxylation is 1. The van der Waals surface area contributed by atoms with Gasteiger partial charge in [0.25, 0.3) is 0 Å². The molecule has 0 aromatic carbocycles. The zero-order valence-corrected chi connectivity index (χ0v) is 10.6. The van der Waals surface area contributed by atoms with Gasteiger partial charge >= 0.3 is 0 Å². The lowest BCUT2D eigenvalue weighted by Crippen LogP contribution is -2.06. The number of hydrogen-bond acceptors (Lipinski definition) is 6. The molecular formula is C10H11ClN8. The summed E-state index contributed by atoms with van der Waals surface area (Å²) in [6.07, 6.45) is 4.78. The van der Waals surface area contributed by atoms with Gasteiger partial charge in [0.1, 0.15) is 17.7 Å². The van der Waals surface area contributed by atoms with E-state index >= 15 is 0 Å². The summed E-state index contributed by atoms with van der Waals surface area (Å²) < 4.78 is 0. The van der Waals surface area contributed by atoms with Crippen LogP contribution in [0.4, 0.5) is 5.82 Å². The van der Waals surface area contributed by atoms with Crippen molar-refractivity contribution in [3.8, 4) is 0 Å². The quantitative estimate of drug-likeness (QED) is 0.477. The van der Waals surface area contributed by atoms with E-state index in [1.807, 2.05) is 0 Å². The van der Waals surface area contributed by atoms with E-state index in [9.17, 15) is 0 Å². The van der Waals surface area contributed by atoms with Crippen molar-refractivity contribution in [2.45, 2.75) is 12.8 Å². The van der Waals surface area contributed by atoms with Gasteiger partial charge in [0, 0.05) is 13.0 Å². The van der Waals surface area contributed by atoms with Crippen molar-refractivity contribution < 1.29 is 0 Å². The summed E-state index contributed by atoms with van der Waals surface area (Å²) in [7, 11) is 0. The molecule has 8 nitrogen and oxygen atoms in total. The second-order valence-corrected chi connectivity index (χ2v) is 4.24. The van der Waals surface area contributed by atoms with Gasteiger partial charge in [-0.05, 0) is 18.0 Å². The molecule has 0 saturated carbocycles. The van der Waals surface area contributed by atoms with Crippen LogP contribution in [0.3, 0.4) is 0 Å². The molecule has 0 fully saturated rings.